The van der Waals surface area contributed by atoms with E-state index < -0.39 is 0 Å². The molecule has 1 unspecified atom stereocenters. The van der Waals surface area contributed by atoms with E-state index in [9.17, 15) is 4.79 Å². The van der Waals surface area contributed by atoms with Crippen molar-refractivity contribution in [3.63, 3.8) is 0 Å². The SMILES string of the molecule is CCC1c2ccsc2CCN1CC(=O)NCc1ccccc1. The smallest absolute Gasteiger partial charge is 0.234 e. The van der Waals surface area contributed by atoms with E-state index in [1.165, 1.54) is 10.4 Å². The number of carbonyl (C=O) groups is 1. The number of amides is 1. The van der Waals surface area contributed by atoms with Crippen molar-refractivity contribution < 1.29 is 4.79 Å². The summed E-state index contributed by atoms with van der Waals surface area (Å²) in [5.41, 5.74) is 2.57. The molecule has 0 aliphatic carbocycles. The first-order chi connectivity index (χ1) is 10.8. The van der Waals surface area contributed by atoms with Gasteiger partial charge >= 0.3 is 0 Å². The van der Waals surface area contributed by atoms with Gasteiger partial charge in [0.2, 0.25) is 5.91 Å². The van der Waals surface area contributed by atoms with Crippen LogP contribution in [0.5, 0.6) is 0 Å². The third-order valence-electron chi connectivity index (χ3n) is 4.27. The number of fused-ring (bicyclic) bond motifs is 1. The van der Waals surface area contributed by atoms with Gasteiger partial charge in [-0.1, -0.05) is 37.3 Å². The number of carbonyl (C=O) groups excluding carboxylic acids is 1. The van der Waals surface area contributed by atoms with Crippen LogP contribution >= 0.6 is 11.3 Å². The molecule has 22 heavy (non-hydrogen) atoms. The summed E-state index contributed by atoms with van der Waals surface area (Å²) in [5.74, 6) is 0.112. The van der Waals surface area contributed by atoms with Gasteiger partial charge in [0, 0.05) is 24.0 Å². The second-order valence-corrected chi connectivity index (χ2v) is 6.71. The third kappa shape index (κ3) is 3.39. The zero-order chi connectivity index (χ0) is 15.4. The van der Waals surface area contributed by atoms with E-state index in [0.717, 1.165) is 24.9 Å². The fourth-order valence-corrected chi connectivity index (χ4v) is 4.08. The Labute approximate surface area is 136 Å². The molecule has 4 heteroatoms. The van der Waals surface area contributed by atoms with E-state index in [4.69, 9.17) is 0 Å². The molecule has 2 heterocycles. The Kier molecular flexibility index (Phi) is 4.90. The van der Waals surface area contributed by atoms with Crippen LogP contribution in [-0.4, -0.2) is 23.9 Å². The Morgan fingerprint density at radius 2 is 2.14 bits per heavy atom. The van der Waals surface area contributed by atoms with Crippen molar-refractivity contribution in [1.82, 2.24) is 10.2 Å². The molecule has 0 radical (unpaired) electrons. The van der Waals surface area contributed by atoms with Crippen LogP contribution in [0.15, 0.2) is 41.8 Å². The highest BCUT2D eigenvalue weighted by Crippen LogP contribution is 2.34. The lowest BCUT2D eigenvalue weighted by atomic mass is 9.98. The van der Waals surface area contributed by atoms with Crippen LogP contribution in [0.1, 0.15) is 35.4 Å². The number of hydrogen-bond donors (Lipinski definition) is 1. The van der Waals surface area contributed by atoms with E-state index in [2.05, 4.69) is 28.6 Å². The number of nitrogens with zero attached hydrogens (tertiary/aromatic N) is 1. The molecule has 1 N–H and O–H groups in total. The highest BCUT2D eigenvalue weighted by Gasteiger charge is 2.27. The van der Waals surface area contributed by atoms with E-state index in [0.29, 0.717) is 19.1 Å². The van der Waals surface area contributed by atoms with Gasteiger partial charge in [-0.3, -0.25) is 9.69 Å². The monoisotopic (exact) mass is 314 g/mol. The van der Waals surface area contributed by atoms with Gasteiger partial charge in [0.05, 0.1) is 6.54 Å². The summed E-state index contributed by atoms with van der Waals surface area (Å²) in [5, 5.41) is 5.20. The van der Waals surface area contributed by atoms with E-state index >= 15 is 0 Å². The molecule has 1 atom stereocenters. The molecule has 0 fully saturated rings. The third-order valence-corrected chi connectivity index (χ3v) is 5.27. The van der Waals surface area contributed by atoms with Crippen molar-refractivity contribution in [2.75, 3.05) is 13.1 Å². The van der Waals surface area contributed by atoms with E-state index in [-0.39, 0.29) is 5.91 Å². The average molecular weight is 314 g/mol. The summed E-state index contributed by atoms with van der Waals surface area (Å²) < 4.78 is 0. The average Bonchev–Trinajstić information content (AvgIpc) is 3.02. The second kappa shape index (κ2) is 7.07. The summed E-state index contributed by atoms with van der Waals surface area (Å²) in [6.45, 7) is 4.27. The standard InChI is InChI=1S/C18H22N2OS/c1-2-16-15-9-11-22-17(15)8-10-20(16)13-18(21)19-12-14-6-4-3-5-7-14/h3-7,9,11,16H,2,8,10,12-13H2,1H3,(H,19,21). The van der Waals surface area contributed by atoms with E-state index in [1.807, 2.05) is 41.7 Å². The maximum Gasteiger partial charge on any atom is 0.234 e. The van der Waals surface area contributed by atoms with Crippen molar-refractivity contribution in [3.8, 4) is 0 Å². The molecular weight excluding hydrogens is 292 g/mol. The molecule has 1 aliphatic heterocycles. The second-order valence-electron chi connectivity index (χ2n) is 5.71. The minimum atomic E-state index is 0.112. The van der Waals surface area contributed by atoms with Crippen LogP contribution < -0.4 is 5.32 Å². The summed E-state index contributed by atoms with van der Waals surface area (Å²) >= 11 is 1.85. The predicted octanol–water partition coefficient (Wildman–Crippen LogP) is 3.37. The molecule has 116 valence electrons. The molecule has 1 aromatic carbocycles. The lowest BCUT2D eigenvalue weighted by molar-refractivity contribution is -0.123. The highest BCUT2D eigenvalue weighted by atomic mass is 32.1. The topological polar surface area (TPSA) is 32.3 Å². The zero-order valence-electron chi connectivity index (χ0n) is 12.9. The van der Waals surface area contributed by atoms with Crippen molar-refractivity contribution >= 4 is 17.2 Å². The first-order valence-electron chi connectivity index (χ1n) is 7.89. The van der Waals surface area contributed by atoms with Crippen molar-refractivity contribution in [1.29, 1.82) is 0 Å². The maximum atomic E-state index is 12.2. The molecule has 1 aromatic heterocycles. The fraction of sp³-hybridized carbons (Fsp3) is 0.389. The first-order valence-corrected chi connectivity index (χ1v) is 8.77. The van der Waals surface area contributed by atoms with Crippen molar-refractivity contribution in [2.45, 2.75) is 32.4 Å². The van der Waals surface area contributed by atoms with Crippen LogP contribution in [0.2, 0.25) is 0 Å². The minimum absolute atomic E-state index is 0.112. The number of nitrogens with one attached hydrogen (secondary N) is 1. The number of rotatable bonds is 5. The highest BCUT2D eigenvalue weighted by molar-refractivity contribution is 7.10. The molecule has 2 aromatic rings. The molecule has 0 saturated heterocycles. The molecule has 1 aliphatic rings. The van der Waals surface area contributed by atoms with Gasteiger partial charge in [0.15, 0.2) is 0 Å². The quantitative estimate of drug-likeness (QED) is 0.917. The summed E-state index contributed by atoms with van der Waals surface area (Å²) in [6.07, 6.45) is 2.12. The van der Waals surface area contributed by atoms with Gasteiger partial charge in [-0.2, -0.15) is 0 Å². The number of benzene rings is 1. The van der Waals surface area contributed by atoms with Crippen LogP contribution in [0.3, 0.4) is 0 Å². The predicted molar refractivity (Wildman–Crippen MR) is 90.9 cm³/mol. The number of hydrogen-bond acceptors (Lipinski definition) is 3. The maximum absolute atomic E-state index is 12.2. The Hall–Kier alpha value is -1.65. The van der Waals surface area contributed by atoms with Crippen LogP contribution in [0.4, 0.5) is 0 Å². The first kappa shape index (κ1) is 15.3. The Morgan fingerprint density at radius 3 is 2.91 bits per heavy atom. The minimum Gasteiger partial charge on any atom is -0.351 e. The molecule has 0 spiro atoms. The molecule has 1 amide bonds. The van der Waals surface area contributed by atoms with Gasteiger partial charge in [-0.15, -0.1) is 11.3 Å². The Morgan fingerprint density at radius 1 is 1.32 bits per heavy atom. The molecule has 0 bridgehead atoms. The molecule has 3 rings (SSSR count). The van der Waals surface area contributed by atoms with Gasteiger partial charge in [0.25, 0.3) is 0 Å². The Balaban J connectivity index is 1.57. The van der Waals surface area contributed by atoms with Crippen molar-refractivity contribution in [3.05, 3.63) is 57.8 Å². The summed E-state index contributed by atoms with van der Waals surface area (Å²) in [7, 11) is 0. The Bertz CT molecular complexity index is 623. The van der Waals surface area contributed by atoms with Crippen LogP contribution in [0.25, 0.3) is 0 Å². The number of thiophene rings is 1. The lowest BCUT2D eigenvalue weighted by Gasteiger charge is -2.34. The van der Waals surface area contributed by atoms with Gasteiger partial charge in [-0.05, 0) is 35.4 Å². The lowest BCUT2D eigenvalue weighted by Crippen LogP contribution is -2.42. The van der Waals surface area contributed by atoms with Crippen molar-refractivity contribution in [2.24, 2.45) is 0 Å². The largest absolute Gasteiger partial charge is 0.351 e. The van der Waals surface area contributed by atoms with Crippen LogP contribution in [-0.2, 0) is 17.8 Å². The van der Waals surface area contributed by atoms with Gasteiger partial charge in [-0.25, -0.2) is 0 Å². The van der Waals surface area contributed by atoms with Gasteiger partial charge < -0.3 is 5.32 Å². The molecule has 3 nitrogen and oxygen atoms in total. The van der Waals surface area contributed by atoms with Crippen LogP contribution in [0, 0.1) is 0 Å². The van der Waals surface area contributed by atoms with Gasteiger partial charge in [0.1, 0.15) is 0 Å². The van der Waals surface area contributed by atoms with E-state index in [1.54, 1.807) is 0 Å². The normalized spacial score (nSPS) is 18.0. The summed E-state index contributed by atoms with van der Waals surface area (Å²) in [4.78, 5) is 16.1. The molecule has 0 saturated carbocycles. The molecular formula is C18H22N2OS. The summed E-state index contributed by atoms with van der Waals surface area (Å²) in [6, 6.07) is 12.7. The zero-order valence-corrected chi connectivity index (χ0v) is 13.7. The fourth-order valence-electron chi connectivity index (χ4n) is 3.15.